The third kappa shape index (κ3) is 6.23. The number of hydrogen-bond acceptors (Lipinski definition) is 4. The van der Waals surface area contributed by atoms with Crippen LogP contribution < -0.4 is 10.6 Å². The van der Waals surface area contributed by atoms with Crippen molar-refractivity contribution >= 4 is 29.9 Å². The maximum absolute atomic E-state index is 5.80. The molecule has 1 atom stereocenters. The predicted molar refractivity (Wildman–Crippen MR) is 107 cm³/mol. The van der Waals surface area contributed by atoms with E-state index in [1.807, 2.05) is 6.92 Å². The van der Waals surface area contributed by atoms with E-state index in [9.17, 15) is 0 Å². The standard InChI is InChI=1S/C17H30N4O2.HI/c1-6-18-15(21-12-17(5)8-7-9-22-17)20-11-14-19-10-13(23-14)16(2,3)4;/h10H,6-9,11-12H2,1-5H3,(H2,18,20,21);1H. The van der Waals surface area contributed by atoms with Gasteiger partial charge in [0.25, 0.3) is 0 Å². The molecule has 1 fully saturated rings. The van der Waals surface area contributed by atoms with Crippen LogP contribution in [0.1, 0.15) is 59.1 Å². The van der Waals surface area contributed by atoms with E-state index >= 15 is 0 Å². The van der Waals surface area contributed by atoms with Gasteiger partial charge >= 0.3 is 0 Å². The molecule has 138 valence electrons. The Bertz CT molecular complexity index is 531. The molecular weight excluding hydrogens is 419 g/mol. The Morgan fingerprint density at radius 3 is 2.67 bits per heavy atom. The minimum atomic E-state index is -0.0987. The minimum absolute atomic E-state index is 0. The molecule has 1 aromatic rings. The van der Waals surface area contributed by atoms with Gasteiger partial charge in [-0.25, -0.2) is 9.98 Å². The number of aromatic nitrogens is 1. The van der Waals surface area contributed by atoms with Crippen LogP contribution in [0.2, 0.25) is 0 Å². The molecule has 1 aliphatic heterocycles. The lowest BCUT2D eigenvalue weighted by Gasteiger charge is -2.24. The van der Waals surface area contributed by atoms with E-state index in [2.05, 4.69) is 48.3 Å². The van der Waals surface area contributed by atoms with E-state index < -0.39 is 0 Å². The van der Waals surface area contributed by atoms with Crippen LogP contribution in [0.15, 0.2) is 15.6 Å². The van der Waals surface area contributed by atoms with Crippen molar-refractivity contribution in [2.24, 2.45) is 4.99 Å². The van der Waals surface area contributed by atoms with Gasteiger partial charge in [0, 0.05) is 25.1 Å². The summed E-state index contributed by atoms with van der Waals surface area (Å²) < 4.78 is 11.6. The SMILES string of the molecule is CCNC(=NCc1ncc(C(C)(C)C)o1)NCC1(C)CCCO1.I. The molecule has 7 heteroatoms. The summed E-state index contributed by atoms with van der Waals surface area (Å²) in [4.78, 5) is 8.87. The highest BCUT2D eigenvalue weighted by atomic mass is 127. The molecule has 0 radical (unpaired) electrons. The molecule has 0 aliphatic carbocycles. The minimum Gasteiger partial charge on any atom is -0.443 e. The molecule has 2 N–H and O–H groups in total. The number of guanidine groups is 1. The molecule has 1 aliphatic rings. The molecule has 24 heavy (non-hydrogen) atoms. The first-order valence-corrected chi connectivity index (χ1v) is 8.44. The first-order valence-electron chi connectivity index (χ1n) is 8.44. The van der Waals surface area contributed by atoms with Crippen molar-refractivity contribution in [2.75, 3.05) is 19.7 Å². The van der Waals surface area contributed by atoms with E-state index in [0.717, 1.165) is 44.3 Å². The quantitative estimate of drug-likeness (QED) is 0.410. The number of nitrogens with one attached hydrogen (secondary N) is 2. The van der Waals surface area contributed by atoms with Crippen molar-refractivity contribution in [2.45, 2.75) is 65.0 Å². The van der Waals surface area contributed by atoms with Crippen LogP contribution in [0.25, 0.3) is 0 Å². The third-order valence-electron chi connectivity index (χ3n) is 3.94. The largest absolute Gasteiger partial charge is 0.443 e. The molecule has 0 bridgehead atoms. The summed E-state index contributed by atoms with van der Waals surface area (Å²) in [5.41, 5.74) is -0.134. The Hall–Kier alpha value is -0.830. The van der Waals surface area contributed by atoms with Crippen LogP contribution in [0.4, 0.5) is 0 Å². The number of nitrogens with zero attached hydrogens (tertiary/aromatic N) is 2. The Labute approximate surface area is 162 Å². The lowest BCUT2D eigenvalue weighted by Crippen LogP contribution is -2.45. The van der Waals surface area contributed by atoms with Crippen LogP contribution in [-0.2, 0) is 16.7 Å². The molecule has 0 saturated carbocycles. The summed E-state index contributed by atoms with van der Waals surface area (Å²) in [5, 5.41) is 6.60. The fourth-order valence-electron chi connectivity index (χ4n) is 2.47. The number of oxazole rings is 1. The van der Waals surface area contributed by atoms with Crippen molar-refractivity contribution in [3.63, 3.8) is 0 Å². The van der Waals surface area contributed by atoms with Crippen molar-refractivity contribution in [3.05, 3.63) is 17.8 Å². The van der Waals surface area contributed by atoms with E-state index in [1.54, 1.807) is 6.20 Å². The van der Waals surface area contributed by atoms with Crippen LogP contribution >= 0.6 is 24.0 Å². The van der Waals surface area contributed by atoms with E-state index in [0.29, 0.717) is 12.4 Å². The van der Waals surface area contributed by atoms with Crippen LogP contribution in [0.3, 0.4) is 0 Å². The zero-order valence-corrected chi connectivity index (χ0v) is 17.8. The molecule has 0 spiro atoms. The van der Waals surface area contributed by atoms with Gasteiger partial charge in [-0.15, -0.1) is 24.0 Å². The lowest BCUT2D eigenvalue weighted by atomic mass is 9.94. The number of halogens is 1. The maximum atomic E-state index is 5.80. The molecule has 1 unspecified atom stereocenters. The van der Waals surface area contributed by atoms with Gasteiger partial charge in [0.15, 0.2) is 5.96 Å². The van der Waals surface area contributed by atoms with Gasteiger partial charge in [0.2, 0.25) is 5.89 Å². The number of rotatable bonds is 5. The van der Waals surface area contributed by atoms with Gasteiger partial charge in [-0.2, -0.15) is 0 Å². The summed E-state index contributed by atoms with van der Waals surface area (Å²) in [6.07, 6.45) is 3.99. The smallest absolute Gasteiger partial charge is 0.216 e. The van der Waals surface area contributed by atoms with Crippen molar-refractivity contribution < 1.29 is 9.15 Å². The second kappa shape index (κ2) is 9.03. The highest BCUT2D eigenvalue weighted by molar-refractivity contribution is 14.0. The summed E-state index contributed by atoms with van der Waals surface area (Å²) in [5.74, 6) is 2.28. The van der Waals surface area contributed by atoms with Gasteiger partial charge in [-0.1, -0.05) is 20.8 Å². The van der Waals surface area contributed by atoms with Gasteiger partial charge in [-0.3, -0.25) is 0 Å². The Kier molecular flexibility index (Phi) is 7.98. The summed E-state index contributed by atoms with van der Waals surface area (Å²) in [6.45, 7) is 13.3. The van der Waals surface area contributed by atoms with Crippen molar-refractivity contribution in [3.8, 4) is 0 Å². The molecule has 0 amide bonds. The average molecular weight is 450 g/mol. The maximum Gasteiger partial charge on any atom is 0.216 e. The van der Waals surface area contributed by atoms with Crippen LogP contribution in [0, 0.1) is 0 Å². The highest BCUT2D eigenvalue weighted by Crippen LogP contribution is 2.24. The van der Waals surface area contributed by atoms with Crippen molar-refractivity contribution in [1.82, 2.24) is 15.6 Å². The normalized spacial score (nSPS) is 21.5. The zero-order valence-electron chi connectivity index (χ0n) is 15.4. The van der Waals surface area contributed by atoms with E-state index in [-0.39, 0.29) is 35.0 Å². The molecule has 1 aromatic heterocycles. The van der Waals surface area contributed by atoms with Gasteiger partial charge in [0.1, 0.15) is 12.3 Å². The molecule has 1 saturated heterocycles. The molecule has 0 aromatic carbocycles. The second-order valence-electron chi connectivity index (χ2n) is 7.32. The fourth-order valence-corrected chi connectivity index (χ4v) is 2.47. The Morgan fingerprint density at radius 1 is 1.38 bits per heavy atom. The Morgan fingerprint density at radius 2 is 2.12 bits per heavy atom. The van der Waals surface area contributed by atoms with Crippen LogP contribution in [-0.4, -0.2) is 36.2 Å². The molecular formula is C17H31IN4O2. The first-order chi connectivity index (χ1) is 10.8. The summed E-state index contributed by atoms with van der Waals surface area (Å²) in [7, 11) is 0. The van der Waals surface area contributed by atoms with Crippen molar-refractivity contribution in [1.29, 1.82) is 0 Å². The predicted octanol–water partition coefficient (Wildman–Crippen LogP) is 3.21. The zero-order chi connectivity index (χ0) is 16.9. The molecule has 2 heterocycles. The topological polar surface area (TPSA) is 71.7 Å². The summed E-state index contributed by atoms with van der Waals surface area (Å²) in [6, 6.07) is 0. The average Bonchev–Trinajstić information content (AvgIpc) is 3.11. The molecule has 6 nitrogen and oxygen atoms in total. The van der Waals surface area contributed by atoms with Crippen LogP contribution in [0.5, 0.6) is 0 Å². The first kappa shape index (κ1) is 21.2. The van der Waals surface area contributed by atoms with Gasteiger partial charge in [0.05, 0.1) is 11.8 Å². The Balaban J connectivity index is 0.00000288. The summed E-state index contributed by atoms with van der Waals surface area (Å²) >= 11 is 0. The van der Waals surface area contributed by atoms with Gasteiger partial charge < -0.3 is 19.8 Å². The molecule has 2 rings (SSSR count). The highest BCUT2D eigenvalue weighted by Gasteiger charge is 2.29. The lowest BCUT2D eigenvalue weighted by molar-refractivity contribution is 0.0243. The van der Waals surface area contributed by atoms with Gasteiger partial charge in [-0.05, 0) is 26.7 Å². The monoisotopic (exact) mass is 450 g/mol. The number of hydrogen-bond donors (Lipinski definition) is 2. The number of aliphatic imine (C=N–C) groups is 1. The second-order valence-corrected chi connectivity index (χ2v) is 7.32. The van der Waals surface area contributed by atoms with E-state index in [1.165, 1.54) is 0 Å². The van der Waals surface area contributed by atoms with E-state index in [4.69, 9.17) is 9.15 Å². The number of ether oxygens (including phenoxy) is 1. The fraction of sp³-hybridized carbons (Fsp3) is 0.765. The third-order valence-corrected chi connectivity index (χ3v) is 3.94.